The number of pyridine rings is 1. The lowest BCUT2D eigenvalue weighted by molar-refractivity contribution is -0.659. The van der Waals surface area contributed by atoms with Gasteiger partial charge in [-0.05, 0) is 86.9 Å². The maximum absolute atomic E-state index is 13.8. The van der Waals surface area contributed by atoms with Crippen LogP contribution in [0, 0.1) is 23.2 Å². The third-order valence-corrected chi connectivity index (χ3v) is 10.5. The summed E-state index contributed by atoms with van der Waals surface area (Å²) >= 11 is 1.86. The zero-order valence-corrected chi connectivity index (χ0v) is 29.1. The molecule has 1 nitrogen and oxygen atoms in total. The van der Waals surface area contributed by atoms with E-state index in [1.807, 2.05) is 30.0 Å². The van der Waals surface area contributed by atoms with E-state index >= 15 is 0 Å². The predicted octanol–water partition coefficient (Wildman–Crippen LogP) is 11.7. The molecule has 0 unspecified atom stereocenters. The summed E-state index contributed by atoms with van der Waals surface area (Å²) in [4.78, 5) is 2.54. The van der Waals surface area contributed by atoms with Crippen molar-refractivity contribution >= 4 is 44.1 Å². The normalized spacial score (nSPS) is 14.1. The first-order valence-electron chi connectivity index (χ1n) is 16.0. The highest BCUT2D eigenvalue weighted by atomic mass is 32.2. The molecule has 0 fully saturated rings. The van der Waals surface area contributed by atoms with Crippen LogP contribution in [0.25, 0.3) is 43.6 Å². The number of halogens is 3. The molecule has 0 saturated carbocycles. The van der Waals surface area contributed by atoms with Crippen LogP contribution in [-0.4, -0.2) is 6.18 Å². The lowest BCUT2D eigenvalue weighted by Crippen LogP contribution is -2.34. The van der Waals surface area contributed by atoms with E-state index < -0.39 is 11.6 Å². The Kier molecular flexibility index (Phi) is 7.44. The molecule has 0 spiro atoms. The number of alkyl halides is 3. The third-order valence-electron chi connectivity index (χ3n) is 9.26. The first-order chi connectivity index (χ1) is 20.7. The molecule has 4 aromatic carbocycles. The molecule has 45 heavy (non-hydrogen) atoms. The molecule has 1 aliphatic heterocycles. The highest BCUT2D eigenvalue weighted by Gasteiger charge is 2.47. The van der Waals surface area contributed by atoms with Crippen LogP contribution in [-0.2, 0) is 26.3 Å². The first-order valence-corrected chi connectivity index (χ1v) is 16.8. The van der Waals surface area contributed by atoms with Crippen LogP contribution in [0.4, 0.5) is 13.2 Å². The van der Waals surface area contributed by atoms with Crippen molar-refractivity contribution in [1.29, 1.82) is 0 Å². The van der Waals surface area contributed by atoms with E-state index in [4.69, 9.17) is 0 Å². The maximum atomic E-state index is 13.8. The molecule has 2 heterocycles. The molecule has 0 atom stereocenters. The Bertz CT molecular complexity index is 2000. The van der Waals surface area contributed by atoms with Crippen molar-refractivity contribution in [3.8, 4) is 11.3 Å². The summed E-state index contributed by atoms with van der Waals surface area (Å²) in [5, 5.41) is 7.00. The molecule has 0 amide bonds. The molecule has 5 aromatic rings. The molecular formula is C40H45F3NS+. The van der Waals surface area contributed by atoms with Gasteiger partial charge in [-0.3, -0.25) is 0 Å². The number of fused-ring (bicyclic) bond motifs is 5. The summed E-state index contributed by atoms with van der Waals surface area (Å²) in [5.74, 6) is 0. The molecule has 0 radical (unpaired) electrons. The summed E-state index contributed by atoms with van der Waals surface area (Å²) in [6.07, 6.45) is -0.240. The number of aromatic nitrogens is 1. The number of aryl methyl sites for hydroxylation is 2. The van der Waals surface area contributed by atoms with Gasteiger partial charge in [0.25, 0.3) is 0 Å². The average Bonchev–Trinajstić information content (AvgIpc) is 2.90. The second-order valence-electron chi connectivity index (χ2n) is 16.3. The van der Waals surface area contributed by atoms with E-state index in [0.29, 0.717) is 5.56 Å². The average molecular weight is 629 g/mol. The Hall–Kier alpha value is -3.05. The van der Waals surface area contributed by atoms with Crippen molar-refractivity contribution in [2.24, 2.45) is 23.3 Å². The Labute approximate surface area is 270 Å². The fourth-order valence-corrected chi connectivity index (χ4v) is 8.45. The number of benzene rings is 4. The van der Waals surface area contributed by atoms with Gasteiger partial charge in [-0.2, -0.15) is 13.2 Å². The number of hydrogen-bond acceptors (Lipinski definition) is 1. The molecule has 0 N–H and O–H groups in total. The van der Waals surface area contributed by atoms with Crippen molar-refractivity contribution in [2.45, 2.75) is 97.5 Å². The Morgan fingerprint density at radius 2 is 1.31 bits per heavy atom. The Morgan fingerprint density at radius 1 is 0.689 bits per heavy atom. The van der Waals surface area contributed by atoms with E-state index in [2.05, 4.69) is 96.6 Å². The van der Waals surface area contributed by atoms with Gasteiger partial charge in [0.2, 0.25) is 5.69 Å². The van der Waals surface area contributed by atoms with Crippen LogP contribution in [0.1, 0.15) is 77.6 Å². The van der Waals surface area contributed by atoms with E-state index in [1.54, 1.807) is 0 Å². The summed E-state index contributed by atoms with van der Waals surface area (Å²) in [7, 11) is 2.12. The molecule has 6 rings (SSSR count). The maximum Gasteiger partial charge on any atom is 0.394 e. The molecule has 0 bridgehead atoms. The van der Waals surface area contributed by atoms with Crippen molar-refractivity contribution < 1.29 is 17.7 Å². The summed E-state index contributed by atoms with van der Waals surface area (Å²) in [5.41, 5.74) is 5.70. The van der Waals surface area contributed by atoms with Crippen LogP contribution in [0.3, 0.4) is 0 Å². The minimum atomic E-state index is -4.27. The first kappa shape index (κ1) is 31.9. The molecule has 0 aliphatic carbocycles. The molecule has 1 aliphatic rings. The quantitative estimate of drug-likeness (QED) is 0.139. The SMILES string of the molecule is Cc1c2c(c(CC(C)(C)C)c3ccc(CC(C)(C)C)cc13)Sc1cc3ccc(CC(C)(C)C(F)(F)F)cc3c3cc[n+](C)c-2c13. The largest absolute Gasteiger partial charge is 0.394 e. The smallest absolute Gasteiger partial charge is 0.200 e. The second-order valence-corrected chi connectivity index (χ2v) is 17.4. The Morgan fingerprint density at radius 3 is 1.96 bits per heavy atom. The van der Waals surface area contributed by atoms with Gasteiger partial charge in [0, 0.05) is 21.2 Å². The van der Waals surface area contributed by atoms with E-state index in [1.165, 1.54) is 67.7 Å². The van der Waals surface area contributed by atoms with Crippen LogP contribution in [0.2, 0.25) is 0 Å². The van der Waals surface area contributed by atoms with Crippen molar-refractivity contribution in [1.82, 2.24) is 0 Å². The van der Waals surface area contributed by atoms with Gasteiger partial charge >= 0.3 is 6.18 Å². The van der Waals surface area contributed by atoms with E-state index in [-0.39, 0.29) is 17.3 Å². The van der Waals surface area contributed by atoms with Gasteiger partial charge in [-0.1, -0.05) is 104 Å². The van der Waals surface area contributed by atoms with Crippen LogP contribution in [0.5, 0.6) is 0 Å². The molecule has 1 aromatic heterocycles. The highest BCUT2D eigenvalue weighted by molar-refractivity contribution is 8.00. The Balaban J connectivity index is 1.65. The zero-order valence-electron chi connectivity index (χ0n) is 28.3. The topological polar surface area (TPSA) is 3.88 Å². The standard InChI is InChI=1S/C40H45F3NS/c1-23-29-17-24(20-37(2,3)4)12-14-27(29)31(22-38(5,6)7)36-33(23)35-34-28(15-16-44(35)10)30-18-25(21-39(8,9)40(41,42)43)11-13-26(30)19-32(34)45-36/h11-19H,20-22H2,1-10H3/q+1. The van der Waals surface area contributed by atoms with Crippen LogP contribution < -0.4 is 4.57 Å². The van der Waals surface area contributed by atoms with Crippen LogP contribution >= 0.6 is 11.8 Å². The number of nitrogens with zero attached hydrogens (tertiary/aromatic N) is 1. The number of hydrogen-bond donors (Lipinski definition) is 0. The van der Waals surface area contributed by atoms with Crippen LogP contribution in [0.15, 0.2) is 64.5 Å². The highest BCUT2D eigenvalue weighted by Crippen LogP contribution is 2.54. The second kappa shape index (κ2) is 10.5. The molecule has 0 saturated heterocycles. The molecular weight excluding hydrogens is 584 g/mol. The van der Waals surface area contributed by atoms with Crippen molar-refractivity contribution in [2.75, 3.05) is 0 Å². The van der Waals surface area contributed by atoms with E-state index in [9.17, 15) is 13.2 Å². The fraction of sp³-hybridized carbons (Fsp3) is 0.425. The van der Waals surface area contributed by atoms with Gasteiger partial charge in [-0.25, -0.2) is 4.57 Å². The summed E-state index contributed by atoms with van der Waals surface area (Å²) < 4.78 is 43.7. The van der Waals surface area contributed by atoms with Gasteiger partial charge in [0.15, 0.2) is 6.20 Å². The fourth-order valence-electron chi connectivity index (χ4n) is 7.08. The molecule has 236 valence electrons. The van der Waals surface area contributed by atoms with Gasteiger partial charge in [-0.15, -0.1) is 0 Å². The lowest BCUT2D eigenvalue weighted by Gasteiger charge is -2.29. The third kappa shape index (κ3) is 5.75. The summed E-state index contributed by atoms with van der Waals surface area (Å²) in [6.45, 7) is 18.6. The minimum Gasteiger partial charge on any atom is -0.200 e. The lowest BCUT2D eigenvalue weighted by atomic mass is 9.81. The van der Waals surface area contributed by atoms with Crippen molar-refractivity contribution in [3.05, 3.63) is 77.0 Å². The van der Waals surface area contributed by atoms with E-state index in [0.717, 1.165) is 29.0 Å². The van der Waals surface area contributed by atoms with Gasteiger partial charge in [0.1, 0.15) is 7.05 Å². The number of rotatable bonds is 4. The summed E-state index contributed by atoms with van der Waals surface area (Å²) in [6, 6.07) is 17.3. The molecule has 5 heteroatoms. The monoisotopic (exact) mass is 628 g/mol. The van der Waals surface area contributed by atoms with Crippen molar-refractivity contribution in [3.63, 3.8) is 0 Å². The van der Waals surface area contributed by atoms with Gasteiger partial charge < -0.3 is 0 Å². The zero-order chi connectivity index (χ0) is 32.9. The van der Waals surface area contributed by atoms with Gasteiger partial charge in [0.05, 0.1) is 16.4 Å². The minimum absolute atomic E-state index is 0.0567. The predicted molar refractivity (Wildman–Crippen MR) is 184 cm³/mol.